The van der Waals surface area contributed by atoms with Crippen LogP contribution in [0, 0.1) is 0 Å². The third-order valence-electron chi connectivity index (χ3n) is 6.68. The predicted molar refractivity (Wildman–Crippen MR) is 143 cm³/mol. The van der Waals surface area contributed by atoms with Gasteiger partial charge in [-0.1, -0.05) is 24.3 Å². The van der Waals surface area contributed by atoms with Gasteiger partial charge in [-0.15, -0.1) is 0 Å². The number of fused-ring (bicyclic) bond motifs is 1. The van der Waals surface area contributed by atoms with Crippen molar-refractivity contribution < 1.29 is 38.1 Å². The first-order valence-corrected chi connectivity index (χ1v) is 13.8. The highest BCUT2D eigenvalue weighted by Gasteiger charge is 2.44. The molecular formula is C24H23N7O10S. The van der Waals surface area contributed by atoms with E-state index in [0.717, 1.165) is 0 Å². The summed E-state index contributed by atoms with van der Waals surface area (Å²) in [5, 5.41) is 30.7. The Morgan fingerprint density at radius 1 is 1.05 bits per heavy atom. The first kappa shape index (κ1) is 28.9. The van der Waals surface area contributed by atoms with Crippen molar-refractivity contribution >= 4 is 38.9 Å². The molecule has 0 saturated carbocycles. The van der Waals surface area contributed by atoms with E-state index in [-0.39, 0.29) is 33.7 Å². The molecule has 18 heteroatoms. The van der Waals surface area contributed by atoms with Crippen molar-refractivity contribution in [3.05, 3.63) is 62.9 Å². The molecule has 220 valence electrons. The average Bonchev–Trinajstić information content (AvgIpc) is 3.52. The molecule has 7 N–H and O–H groups in total. The van der Waals surface area contributed by atoms with Gasteiger partial charge in [0.15, 0.2) is 29.2 Å². The molecule has 1 saturated heterocycles. The normalized spacial score (nSPS) is 20.7. The number of carbonyl (C=O) groups is 2. The number of nitrogens with two attached hydrogens (primary N) is 1. The van der Waals surface area contributed by atoms with Crippen LogP contribution in [0.4, 0.5) is 5.82 Å². The first-order valence-electron chi connectivity index (χ1n) is 12.3. The van der Waals surface area contributed by atoms with Gasteiger partial charge < -0.3 is 25.8 Å². The number of aromatic hydroxyl groups is 1. The van der Waals surface area contributed by atoms with Gasteiger partial charge in [-0.05, 0) is 0 Å². The van der Waals surface area contributed by atoms with Gasteiger partial charge in [-0.25, -0.2) is 19.7 Å². The van der Waals surface area contributed by atoms with Gasteiger partial charge >= 0.3 is 10.2 Å². The van der Waals surface area contributed by atoms with Crippen molar-refractivity contribution in [2.75, 3.05) is 12.3 Å². The van der Waals surface area contributed by atoms with Crippen LogP contribution in [0.25, 0.3) is 22.3 Å². The summed E-state index contributed by atoms with van der Waals surface area (Å²) in [7, 11) is -4.48. The molecule has 1 fully saturated rings. The van der Waals surface area contributed by atoms with E-state index in [0.29, 0.717) is 0 Å². The Kier molecular flexibility index (Phi) is 7.56. The topological polar surface area (TPSA) is 266 Å². The van der Waals surface area contributed by atoms with Gasteiger partial charge in [-0.2, -0.15) is 13.1 Å². The lowest BCUT2D eigenvalue weighted by Crippen LogP contribution is -2.45. The molecule has 1 aliphatic heterocycles. The van der Waals surface area contributed by atoms with Crippen molar-refractivity contribution in [2.24, 2.45) is 0 Å². The van der Waals surface area contributed by atoms with Crippen LogP contribution < -0.4 is 26.0 Å². The number of nitrogen functional groups attached to an aromatic ring is 1. The Hall–Kier alpha value is -4.62. The third kappa shape index (κ3) is 5.23. The maximum Gasteiger partial charge on any atom is 0.301 e. The minimum absolute atomic E-state index is 0.0227. The number of aliphatic hydroxyl groups is 2. The van der Waals surface area contributed by atoms with Gasteiger partial charge in [0, 0.05) is 30.5 Å². The highest BCUT2D eigenvalue weighted by Crippen LogP contribution is 2.32. The fraction of sp³-hybridized carbons (Fsp3) is 0.292. The number of ether oxygens (including phenoxy) is 1. The molecule has 1 unspecified atom stereocenters. The van der Waals surface area contributed by atoms with Crippen LogP contribution in [0.15, 0.2) is 46.5 Å². The molecule has 3 heterocycles. The highest BCUT2D eigenvalue weighted by molar-refractivity contribution is 7.88. The Labute approximate surface area is 235 Å². The highest BCUT2D eigenvalue weighted by atomic mass is 32.2. The van der Waals surface area contributed by atoms with Crippen molar-refractivity contribution in [2.45, 2.75) is 37.4 Å². The number of aliphatic hydroxyl groups excluding tert-OH is 2. The minimum atomic E-state index is -4.48. The fourth-order valence-electron chi connectivity index (χ4n) is 4.55. The molecule has 17 nitrogen and oxygen atoms in total. The van der Waals surface area contributed by atoms with Crippen molar-refractivity contribution in [1.82, 2.24) is 29.0 Å². The number of carbonyl (C=O) groups excluding carboxylic acids is 2. The zero-order chi connectivity index (χ0) is 30.3. The lowest BCUT2D eigenvalue weighted by atomic mass is 9.92. The van der Waals surface area contributed by atoms with Gasteiger partial charge in [0.2, 0.25) is 11.3 Å². The van der Waals surface area contributed by atoms with E-state index in [1.165, 1.54) is 41.5 Å². The smallest absolute Gasteiger partial charge is 0.301 e. The van der Waals surface area contributed by atoms with Crippen molar-refractivity contribution in [3.63, 3.8) is 0 Å². The summed E-state index contributed by atoms with van der Waals surface area (Å²) < 4.78 is 35.6. The molecule has 0 aliphatic carbocycles. The van der Waals surface area contributed by atoms with Gasteiger partial charge in [0.05, 0.1) is 11.9 Å². The summed E-state index contributed by atoms with van der Waals surface area (Å²) in [6.07, 6.45) is -4.03. The zero-order valence-electron chi connectivity index (χ0n) is 21.4. The Bertz CT molecular complexity index is 1880. The number of Topliss-reactive ketones (excluding diaryl/α,β-unsaturated/α-hetero) is 1. The summed E-state index contributed by atoms with van der Waals surface area (Å²) in [6.45, 7) is -0.543. The second-order valence-electron chi connectivity index (χ2n) is 9.36. The molecule has 0 radical (unpaired) electrons. The Morgan fingerprint density at radius 2 is 1.79 bits per heavy atom. The number of ketones is 1. The second-order valence-corrected chi connectivity index (χ2v) is 10.9. The molecule has 2 aromatic carbocycles. The molecule has 1 aliphatic rings. The van der Waals surface area contributed by atoms with Gasteiger partial charge in [-0.3, -0.25) is 23.7 Å². The summed E-state index contributed by atoms with van der Waals surface area (Å²) in [4.78, 5) is 60.2. The van der Waals surface area contributed by atoms with Gasteiger partial charge in [0.1, 0.15) is 30.2 Å². The molecule has 4 atom stereocenters. The first-order chi connectivity index (χ1) is 19.9. The Balaban J connectivity index is 1.17. The van der Waals surface area contributed by atoms with Crippen molar-refractivity contribution in [1.29, 1.82) is 0 Å². The quantitative estimate of drug-likeness (QED) is 0.0818. The minimum Gasteiger partial charge on any atom is -0.503 e. The molecule has 2 aromatic heterocycles. The number of rotatable bonds is 10. The fourth-order valence-corrected chi connectivity index (χ4v) is 5.41. The van der Waals surface area contributed by atoms with E-state index in [1.54, 1.807) is 4.72 Å². The van der Waals surface area contributed by atoms with Crippen LogP contribution in [-0.4, -0.2) is 79.8 Å². The van der Waals surface area contributed by atoms with Crippen LogP contribution >= 0.6 is 0 Å². The van der Waals surface area contributed by atoms with Crippen LogP contribution in [0.5, 0.6) is 5.75 Å². The number of hydrogen-bond donors (Lipinski definition) is 6. The van der Waals surface area contributed by atoms with Crippen LogP contribution in [0.2, 0.25) is 0 Å². The summed E-state index contributed by atoms with van der Waals surface area (Å²) in [6, 6.07) is 5.67. The van der Waals surface area contributed by atoms with E-state index < -0.39 is 82.4 Å². The van der Waals surface area contributed by atoms with E-state index in [9.17, 15) is 42.9 Å². The molecule has 1 amide bonds. The SMILES string of the molecule is Nc1ncnc2c1ncn2C1O[C@H](CNS(=O)(=O)NC(=O)CCC(=O)c2ccccc2-c2c(O)c(=O)c2=O)[C@@H](O)[C@H]1O. The average molecular weight is 602 g/mol. The molecule has 4 aromatic rings. The van der Waals surface area contributed by atoms with E-state index >= 15 is 0 Å². The van der Waals surface area contributed by atoms with Crippen molar-refractivity contribution in [3.8, 4) is 16.9 Å². The van der Waals surface area contributed by atoms with E-state index in [1.807, 2.05) is 0 Å². The van der Waals surface area contributed by atoms with Gasteiger partial charge in [0.25, 0.3) is 5.43 Å². The Morgan fingerprint density at radius 3 is 2.52 bits per heavy atom. The summed E-state index contributed by atoms with van der Waals surface area (Å²) in [5.74, 6) is -2.36. The summed E-state index contributed by atoms with van der Waals surface area (Å²) >= 11 is 0. The zero-order valence-corrected chi connectivity index (χ0v) is 22.2. The monoisotopic (exact) mass is 601 g/mol. The van der Waals surface area contributed by atoms with Crippen LogP contribution in [0.1, 0.15) is 29.4 Å². The second kappa shape index (κ2) is 11.0. The van der Waals surface area contributed by atoms with E-state index in [2.05, 4.69) is 19.7 Å². The molecule has 0 bridgehead atoms. The number of imidazole rings is 1. The van der Waals surface area contributed by atoms with E-state index in [4.69, 9.17) is 10.5 Å². The molecule has 5 rings (SSSR count). The third-order valence-corrected chi connectivity index (χ3v) is 7.73. The van der Waals surface area contributed by atoms with Crippen LogP contribution in [-0.2, 0) is 19.7 Å². The largest absolute Gasteiger partial charge is 0.503 e. The lowest BCUT2D eigenvalue weighted by Gasteiger charge is -2.16. The number of nitrogens with one attached hydrogen (secondary N) is 2. The predicted octanol–water partition coefficient (Wildman–Crippen LogP) is -2.39. The number of amides is 1. The number of aromatic nitrogens is 4. The lowest BCUT2D eigenvalue weighted by molar-refractivity contribution is -0.119. The molecule has 0 spiro atoms. The number of anilines is 1. The maximum absolute atomic E-state index is 12.7. The number of hydrogen-bond acceptors (Lipinski definition) is 14. The summed E-state index contributed by atoms with van der Waals surface area (Å²) in [5.41, 5.74) is 3.87. The standard InChI is InChI=1S/C24H23N7O10S/c25-22-16-23(27-8-26-22)31(9-28-16)24-21(38)17(34)13(41-24)7-29-42(39,40)30-14(33)6-5-12(32)10-3-1-2-4-11(10)15-18(35)20(37)19(15)36/h1-4,8-9,13,17,21,24,29,34-35,38H,5-7H2,(H,30,33)(H2,25,26,27)/t13-,17-,21-,24?/m1/s1. The maximum atomic E-state index is 12.7. The molecule has 42 heavy (non-hydrogen) atoms. The number of benzene rings is 1. The van der Waals surface area contributed by atoms with Crippen LogP contribution in [0.3, 0.4) is 0 Å². The number of nitrogens with zero attached hydrogens (tertiary/aromatic N) is 4. The molecular weight excluding hydrogens is 578 g/mol.